The van der Waals surface area contributed by atoms with E-state index in [-0.39, 0.29) is 18.5 Å². The van der Waals surface area contributed by atoms with Crippen molar-refractivity contribution in [3.63, 3.8) is 0 Å². The maximum Gasteiger partial charge on any atom is 0.328 e. The monoisotopic (exact) mass is 508 g/mol. The van der Waals surface area contributed by atoms with Crippen LogP contribution in [-0.2, 0) is 20.7 Å². The summed E-state index contributed by atoms with van der Waals surface area (Å²) in [4.78, 5) is 29.6. The van der Waals surface area contributed by atoms with Crippen LogP contribution in [0.2, 0.25) is 0 Å². The summed E-state index contributed by atoms with van der Waals surface area (Å²) < 4.78 is 10.7. The highest BCUT2D eigenvalue weighted by molar-refractivity contribution is 7.80. The van der Waals surface area contributed by atoms with Crippen LogP contribution in [0.5, 0.6) is 5.88 Å². The molecule has 0 radical (unpaired) electrons. The van der Waals surface area contributed by atoms with Crippen LogP contribution in [0.4, 0.5) is 5.69 Å². The van der Waals surface area contributed by atoms with Gasteiger partial charge in [0.15, 0.2) is 6.61 Å². The molecule has 0 saturated heterocycles. The maximum atomic E-state index is 12.7. The number of ether oxygens (including phenoxy) is 2. The predicted molar refractivity (Wildman–Crippen MR) is 144 cm³/mol. The molecule has 0 bridgehead atoms. The minimum absolute atomic E-state index is 0.163. The third kappa shape index (κ3) is 8.28. The number of thiol groups is 1. The fourth-order valence-corrected chi connectivity index (χ4v) is 3.61. The molecule has 3 rings (SSSR count). The van der Waals surface area contributed by atoms with Crippen LogP contribution < -0.4 is 21.1 Å². The zero-order valence-corrected chi connectivity index (χ0v) is 21.1. The largest absolute Gasteiger partial charge is 0.467 e. The number of hydrogen-bond donors (Lipinski definition) is 4. The van der Waals surface area contributed by atoms with Gasteiger partial charge < -0.3 is 25.8 Å². The Bertz CT molecular complexity index is 1120. The fourth-order valence-electron chi connectivity index (χ4n) is 3.48. The number of aromatic nitrogens is 1. The molecule has 1 unspecified atom stereocenters. The van der Waals surface area contributed by atoms with Crippen LogP contribution in [0.3, 0.4) is 0 Å². The minimum atomic E-state index is -0.791. The lowest BCUT2D eigenvalue weighted by Gasteiger charge is -2.18. The molecule has 0 aliphatic heterocycles. The van der Waals surface area contributed by atoms with Gasteiger partial charge in [0.05, 0.1) is 18.5 Å². The van der Waals surface area contributed by atoms with Crippen LogP contribution in [-0.4, -0.2) is 55.0 Å². The second kappa shape index (κ2) is 14.1. The first-order valence-electron chi connectivity index (χ1n) is 11.7. The second-order valence-corrected chi connectivity index (χ2v) is 8.56. The van der Waals surface area contributed by atoms with Gasteiger partial charge in [-0.25, -0.2) is 9.78 Å². The Morgan fingerprint density at radius 3 is 2.39 bits per heavy atom. The Labute approximate surface area is 217 Å². The summed E-state index contributed by atoms with van der Waals surface area (Å²) in [5, 5.41) is 5.92. The Kier molecular flexibility index (Phi) is 10.6. The number of carbonyl (C=O) groups excluding carboxylic acids is 2. The Morgan fingerprint density at radius 2 is 1.72 bits per heavy atom. The van der Waals surface area contributed by atoms with E-state index in [9.17, 15) is 9.59 Å². The van der Waals surface area contributed by atoms with Crippen molar-refractivity contribution in [2.24, 2.45) is 5.73 Å². The van der Waals surface area contributed by atoms with Gasteiger partial charge >= 0.3 is 5.97 Å². The first-order valence-corrected chi connectivity index (χ1v) is 12.3. The molecule has 8 nitrogen and oxygen atoms in total. The van der Waals surface area contributed by atoms with Crippen LogP contribution in [0.25, 0.3) is 11.3 Å². The molecule has 9 heteroatoms. The summed E-state index contributed by atoms with van der Waals surface area (Å²) in [6.45, 7) is 0.139. The molecule has 1 aromatic heterocycles. The molecular formula is C27H32N4O4S. The summed E-state index contributed by atoms with van der Waals surface area (Å²) in [7, 11) is 1.30. The molecule has 0 aliphatic carbocycles. The van der Waals surface area contributed by atoms with Gasteiger partial charge in [-0.2, -0.15) is 12.6 Å². The number of carbonyl (C=O) groups is 2. The molecule has 4 N–H and O–H groups in total. The highest BCUT2D eigenvalue weighted by Crippen LogP contribution is 2.27. The highest BCUT2D eigenvalue weighted by atomic mass is 32.1. The van der Waals surface area contributed by atoms with Gasteiger partial charge in [0.25, 0.3) is 5.91 Å². The van der Waals surface area contributed by atoms with Crippen molar-refractivity contribution in [3.8, 4) is 17.1 Å². The van der Waals surface area contributed by atoms with Gasteiger partial charge in [0.1, 0.15) is 6.04 Å². The SMILES string of the molecule is COC(=O)[C@H](CCc1ccccc1)NC(=O)COc1nc(-c2ccccc2)ccc1NCC(N)CS. The zero-order chi connectivity index (χ0) is 25.8. The number of pyridine rings is 1. The molecule has 0 spiro atoms. The first kappa shape index (κ1) is 27.0. The quantitative estimate of drug-likeness (QED) is 0.207. The van der Waals surface area contributed by atoms with E-state index in [2.05, 4.69) is 28.2 Å². The van der Waals surface area contributed by atoms with E-state index < -0.39 is 17.9 Å². The van der Waals surface area contributed by atoms with E-state index in [1.165, 1.54) is 7.11 Å². The molecule has 0 aliphatic rings. The summed E-state index contributed by atoms with van der Waals surface area (Å²) in [6.07, 6.45) is 1.01. The lowest BCUT2D eigenvalue weighted by atomic mass is 10.1. The van der Waals surface area contributed by atoms with E-state index in [0.717, 1.165) is 11.1 Å². The van der Waals surface area contributed by atoms with Crippen LogP contribution in [0, 0.1) is 0 Å². The highest BCUT2D eigenvalue weighted by Gasteiger charge is 2.22. The average Bonchev–Trinajstić information content (AvgIpc) is 2.93. The van der Waals surface area contributed by atoms with Gasteiger partial charge in [-0.05, 0) is 30.5 Å². The zero-order valence-electron chi connectivity index (χ0n) is 20.2. The van der Waals surface area contributed by atoms with Gasteiger partial charge in [-0.15, -0.1) is 0 Å². The van der Waals surface area contributed by atoms with Crippen LogP contribution in [0.1, 0.15) is 12.0 Å². The number of nitrogens with zero attached hydrogens (tertiary/aromatic N) is 1. The summed E-state index contributed by atoms with van der Waals surface area (Å²) >= 11 is 4.21. The maximum absolute atomic E-state index is 12.7. The molecule has 0 fully saturated rings. The number of rotatable bonds is 13. The smallest absolute Gasteiger partial charge is 0.328 e. The van der Waals surface area contributed by atoms with Crippen molar-refractivity contribution in [1.82, 2.24) is 10.3 Å². The summed E-state index contributed by atoms with van der Waals surface area (Å²) in [5.41, 5.74) is 9.25. The Morgan fingerprint density at radius 1 is 1.03 bits per heavy atom. The molecule has 2 aromatic carbocycles. The van der Waals surface area contributed by atoms with Crippen molar-refractivity contribution in [1.29, 1.82) is 0 Å². The lowest BCUT2D eigenvalue weighted by molar-refractivity contribution is -0.145. The van der Waals surface area contributed by atoms with Gasteiger partial charge in [0.2, 0.25) is 5.88 Å². The van der Waals surface area contributed by atoms with Gasteiger partial charge in [-0.3, -0.25) is 4.79 Å². The fraction of sp³-hybridized carbons (Fsp3) is 0.296. The minimum Gasteiger partial charge on any atom is -0.467 e. The van der Waals surface area contributed by atoms with Crippen LogP contribution in [0.15, 0.2) is 72.8 Å². The number of esters is 1. The number of nitrogens with two attached hydrogens (primary N) is 1. The summed E-state index contributed by atoms with van der Waals surface area (Å²) in [5.74, 6) is -0.189. The second-order valence-electron chi connectivity index (χ2n) is 8.19. The van der Waals surface area contributed by atoms with Crippen molar-refractivity contribution in [2.45, 2.75) is 24.9 Å². The van der Waals surface area contributed by atoms with Gasteiger partial charge in [-0.1, -0.05) is 60.7 Å². The summed E-state index contributed by atoms with van der Waals surface area (Å²) in [6, 6.07) is 22.1. The molecule has 3 aromatic rings. The predicted octanol–water partition coefficient (Wildman–Crippen LogP) is 3.09. The molecular weight excluding hydrogens is 476 g/mol. The molecule has 1 amide bonds. The normalized spacial score (nSPS) is 12.3. The molecule has 1 heterocycles. The number of methoxy groups -OCH3 is 1. The molecule has 2 atom stereocenters. The van der Waals surface area contributed by atoms with Crippen molar-refractivity contribution < 1.29 is 19.1 Å². The Hall–Kier alpha value is -3.56. The van der Waals surface area contributed by atoms with E-state index in [1.807, 2.05) is 72.8 Å². The lowest BCUT2D eigenvalue weighted by Crippen LogP contribution is -2.43. The number of benzene rings is 2. The van der Waals surface area contributed by atoms with Gasteiger partial charge in [0, 0.05) is 23.9 Å². The number of hydrogen-bond acceptors (Lipinski definition) is 8. The van der Waals surface area contributed by atoms with E-state index in [1.54, 1.807) is 0 Å². The number of aryl methyl sites for hydroxylation is 1. The number of nitrogens with one attached hydrogen (secondary N) is 2. The third-order valence-electron chi connectivity index (χ3n) is 5.44. The number of amides is 1. The number of anilines is 1. The van der Waals surface area contributed by atoms with Crippen molar-refractivity contribution >= 4 is 30.2 Å². The van der Waals surface area contributed by atoms with Crippen molar-refractivity contribution in [3.05, 3.63) is 78.4 Å². The third-order valence-corrected chi connectivity index (χ3v) is 5.91. The van der Waals surface area contributed by atoms with Crippen molar-refractivity contribution in [2.75, 3.05) is 31.3 Å². The van der Waals surface area contributed by atoms with Crippen LogP contribution >= 0.6 is 12.6 Å². The molecule has 0 saturated carbocycles. The first-order chi connectivity index (χ1) is 17.5. The molecule has 190 valence electrons. The van der Waals surface area contributed by atoms with E-state index in [4.69, 9.17) is 15.2 Å². The van der Waals surface area contributed by atoms with E-state index >= 15 is 0 Å². The Balaban J connectivity index is 1.68. The van der Waals surface area contributed by atoms with E-state index in [0.29, 0.717) is 36.5 Å². The topological polar surface area (TPSA) is 116 Å². The standard InChI is InChI=1S/C27H32N4O4S/c1-34-27(33)24(13-12-19-8-4-2-5-9-19)30-25(32)17-35-26-23(29-16-21(28)18-36)15-14-22(31-26)20-10-6-3-7-11-20/h2-11,14-15,21,24,29,36H,12-13,16-18,28H2,1H3,(H,30,32)/t21?,24-/m0/s1. The average molecular weight is 509 g/mol. The molecule has 36 heavy (non-hydrogen) atoms.